The zero-order valence-electron chi connectivity index (χ0n) is 13.0. The van der Waals surface area contributed by atoms with E-state index in [-0.39, 0.29) is 24.0 Å². The van der Waals surface area contributed by atoms with Gasteiger partial charge < -0.3 is 15.8 Å². The summed E-state index contributed by atoms with van der Waals surface area (Å²) in [6, 6.07) is 0. The molecule has 0 aromatic rings. The molecule has 2 aliphatic heterocycles. The van der Waals surface area contributed by atoms with Crippen molar-refractivity contribution in [2.24, 2.45) is 10.7 Å². The highest BCUT2D eigenvalue weighted by Gasteiger charge is 2.28. The molecule has 2 fully saturated rings. The second-order valence-electron chi connectivity index (χ2n) is 5.84. The van der Waals surface area contributed by atoms with E-state index in [0.717, 1.165) is 52.4 Å². The molecule has 0 amide bonds. The van der Waals surface area contributed by atoms with Gasteiger partial charge in [-0.15, -0.1) is 24.0 Å². The first kappa shape index (κ1) is 19.3. The fraction of sp³-hybridized carbons (Fsp3) is 0.929. The van der Waals surface area contributed by atoms with Crippen molar-refractivity contribution >= 4 is 41.7 Å². The number of nitrogens with one attached hydrogen (secondary N) is 1. The Kier molecular flexibility index (Phi) is 9.31. The van der Waals surface area contributed by atoms with Crippen LogP contribution >= 0.6 is 35.7 Å². The monoisotopic (exact) mass is 428 g/mol. The predicted octanol–water partition coefficient (Wildman–Crippen LogP) is 1.52. The Morgan fingerprint density at radius 2 is 2.19 bits per heavy atom. The zero-order chi connectivity index (χ0) is 14.3. The summed E-state index contributed by atoms with van der Waals surface area (Å²) in [7, 11) is 0. The van der Waals surface area contributed by atoms with E-state index in [0.29, 0.717) is 10.7 Å². The number of hydrogen-bond acceptors (Lipinski definition) is 4. The van der Waals surface area contributed by atoms with Gasteiger partial charge in [-0.25, -0.2) is 0 Å². The molecule has 2 rings (SSSR count). The second kappa shape index (κ2) is 10.1. The fourth-order valence-electron chi connectivity index (χ4n) is 2.61. The second-order valence-corrected chi connectivity index (χ2v) is 7.52. The van der Waals surface area contributed by atoms with E-state index < -0.39 is 0 Å². The van der Waals surface area contributed by atoms with Crippen LogP contribution in [0.2, 0.25) is 0 Å². The molecule has 1 unspecified atom stereocenters. The lowest BCUT2D eigenvalue weighted by Crippen LogP contribution is -2.39. The van der Waals surface area contributed by atoms with Gasteiger partial charge in [0, 0.05) is 24.4 Å². The molecule has 0 spiro atoms. The first-order chi connectivity index (χ1) is 9.68. The minimum Gasteiger partial charge on any atom is -0.379 e. The van der Waals surface area contributed by atoms with E-state index in [4.69, 9.17) is 10.5 Å². The fourth-order valence-corrected chi connectivity index (χ4v) is 3.84. The van der Waals surface area contributed by atoms with Gasteiger partial charge in [0.25, 0.3) is 0 Å². The molecule has 7 heteroatoms. The molecule has 0 aliphatic carbocycles. The summed E-state index contributed by atoms with van der Waals surface area (Å²) < 4.78 is 5.64. The van der Waals surface area contributed by atoms with Crippen molar-refractivity contribution in [3.05, 3.63) is 0 Å². The minimum absolute atomic E-state index is 0. The molecule has 0 saturated carbocycles. The van der Waals surface area contributed by atoms with Gasteiger partial charge in [-0.05, 0) is 38.5 Å². The van der Waals surface area contributed by atoms with Crippen molar-refractivity contribution in [1.29, 1.82) is 0 Å². The quantitative estimate of drug-likeness (QED) is 0.291. The molecule has 2 saturated heterocycles. The first-order valence-electron chi connectivity index (χ1n) is 7.66. The third-order valence-electron chi connectivity index (χ3n) is 3.95. The Hall–Kier alpha value is 0.270. The van der Waals surface area contributed by atoms with Gasteiger partial charge in [0.05, 0.1) is 19.8 Å². The van der Waals surface area contributed by atoms with Gasteiger partial charge in [-0.3, -0.25) is 9.89 Å². The summed E-state index contributed by atoms with van der Waals surface area (Å²) in [6.45, 7) is 8.98. The van der Waals surface area contributed by atoms with E-state index >= 15 is 0 Å². The van der Waals surface area contributed by atoms with Crippen molar-refractivity contribution in [1.82, 2.24) is 10.2 Å². The normalized spacial score (nSPS) is 27.4. The third-order valence-corrected chi connectivity index (χ3v) is 5.47. The van der Waals surface area contributed by atoms with Crippen LogP contribution in [-0.2, 0) is 4.74 Å². The summed E-state index contributed by atoms with van der Waals surface area (Å²) in [5.74, 6) is 1.86. The van der Waals surface area contributed by atoms with Crippen LogP contribution in [0, 0.1) is 0 Å². The van der Waals surface area contributed by atoms with E-state index in [1.165, 1.54) is 18.6 Å². The summed E-state index contributed by atoms with van der Waals surface area (Å²) in [6.07, 6.45) is 3.66. The number of rotatable bonds is 6. The number of hydrogen-bond donors (Lipinski definition) is 2. The average Bonchev–Trinajstić information content (AvgIpc) is 2.90. The Balaban J connectivity index is 0.00000220. The summed E-state index contributed by atoms with van der Waals surface area (Å²) in [4.78, 5) is 6.93. The number of nitrogens with two attached hydrogens (primary N) is 1. The molecule has 0 bridgehead atoms. The number of nitrogens with zero attached hydrogens (tertiary/aromatic N) is 2. The van der Waals surface area contributed by atoms with Gasteiger partial charge in [0.1, 0.15) is 0 Å². The highest BCUT2D eigenvalue weighted by Crippen LogP contribution is 2.37. The topological polar surface area (TPSA) is 62.9 Å². The van der Waals surface area contributed by atoms with Gasteiger partial charge in [-0.1, -0.05) is 0 Å². The molecular formula is C14H29IN4OS. The van der Waals surface area contributed by atoms with E-state index in [2.05, 4.69) is 22.1 Å². The standard InChI is InChI=1S/C14H28N4OS.HI/c1-14(4-2-11-20-14)12-17-13(15)16-5-3-6-18-7-9-19-10-8-18;/h2-12H2,1H3,(H3,15,16,17);1H. The highest BCUT2D eigenvalue weighted by molar-refractivity contribution is 14.0. The zero-order valence-corrected chi connectivity index (χ0v) is 16.1. The smallest absolute Gasteiger partial charge is 0.188 e. The van der Waals surface area contributed by atoms with Gasteiger partial charge in [-0.2, -0.15) is 11.8 Å². The molecular weight excluding hydrogens is 399 g/mol. The summed E-state index contributed by atoms with van der Waals surface area (Å²) >= 11 is 2.02. The molecule has 0 aromatic heterocycles. The van der Waals surface area contributed by atoms with E-state index in [9.17, 15) is 0 Å². The Morgan fingerprint density at radius 1 is 1.43 bits per heavy atom. The molecule has 124 valence electrons. The van der Waals surface area contributed by atoms with Crippen molar-refractivity contribution in [2.45, 2.75) is 30.9 Å². The van der Waals surface area contributed by atoms with Gasteiger partial charge >= 0.3 is 0 Å². The maximum atomic E-state index is 5.93. The van der Waals surface area contributed by atoms with Crippen LogP contribution in [0.25, 0.3) is 0 Å². The molecule has 21 heavy (non-hydrogen) atoms. The van der Waals surface area contributed by atoms with Crippen LogP contribution in [0.1, 0.15) is 26.2 Å². The number of ether oxygens (including phenoxy) is 1. The third kappa shape index (κ3) is 7.38. The predicted molar refractivity (Wildman–Crippen MR) is 102 cm³/mol. The van der Waals surface area contributed by atoms with Gasteiger partial charge in [0.2, 0.25) is 0 Å². The Bertz CT molecular complexity index is 318. The maximum Gasteiger partial charge on any atom is 0.188 e. The largest absolute Gasteiger partial charge is 0.379 e. The van der Waals surface area contributed by atoms with Gasteiger partial charge in [0.15, 0.2) is 5.96 Å². The summed E-state index contributed by atoms with van der Waals surface area (Å²) in [5, 5.41) is 3.22. The number of thioether (sulfide) groups is 1. The molecule has 5 nitrogen and oxygen atoms in total. The van der Waals surface area contributed by atoms with Crippen LogP contribution in [-0.4, -0.2) is 67.3 Å². The molecule has 0 radical (unpaired) electrons. The summed E-state index contributed by atoms with van der Waals surface area (Å²) in [5.41, 5.74) is 5.93. The van der Waals surface area contributed by atoms with Crippen LogP contribution in [0.15, 0.2) is 4.99 Å². The lowest BCUT2D eigenvalue weighted by molar-refractivity contribution is 0.0376. The highest BCUT2D eigenvalue weighted by atomic mass is 127. The van der Waals surface area contributed by atoms with Crippen LogP contribution in [0.4, 0.5) is 0 Å². The number of aliphatic imine (C=N–C) groups is 1. The molecule has 2 aliphatic rings. The lowest BCUT2D eigenvalue weighted by atomic mass is 10.1. The van der Waals surface area contributed by atoms with Crippen molar-refractivity contribution in [2.75, 3.05) is 51.7 Å². The number of guanidine groups is 1. The SMILES string of the molecule is CC1(CN=C(N)NCCCN2CCOCC2)CCCS1.I. The molecule has 0 aromatic carbocycles. The van der Waals surface area contributed by atoms with E-state index in [1.807, 2.05) is 11.8 Å². The molecule has 3 N–H and O–H groups in total. The minimum atomic E-state index is 0. The number of morpholine rings is 1. The van der Waals surface area contributed by atoms with Crippen LogP contribution in [0.3, 0.4) is 0 Å². The molecule has 2 heterocycles. The Morgan fingerprint density at radius 3 is 2.86 bits per heavy atom. The van der Waals surface area contributed by atoms with Crippen molar-refractivity contribution < 1.29 is 4.74 Å². The van der Waals surface area contributed by atoms with Crippen LogP contribution < -0.4 is 11.1 Å². The average molecular weight is 428 g/mol. The maximum absolute atomic E-state index is 5.93. The Labute approximate surface area is 149 Å². The van der Waals surface area contributed by atoms with E-state index in [1.54, 1.807) is 0 Å². The van der Waals surface area contributed by atoms with Crippen molar-refractivity contribution in [3.63, 3.8) is 0 Å². The first-order valence-corrected chi connectivity index (χ1v) is 8.64. The molecule has 1 atom stereocenters. The lowest BCUT2D eigenvalue weighted by Gasteiger charge is -2.26. The number of halogens is 1. The van der Waals surface area contributed by atoms with Crippen molar-refractivity contribution in [3.8, 4) is 0 Å². The van der Waals surface area contributed by atoms with Crippen LogP contribution in [0.5, 0.6) is 0 Å².